The van der Waals surface area contributed by atoms with Crippen LogP contribution in [0.3, 0.4) is 0 Å². The number of amides is 1. The van der Waals surface area contributed by atoms with E-state index in [-0.39, 0.29) is 24.9 Å². The van der Waals surface area contributed by atoms with Crippen molar-refractivity contribution in [3.8, 4) is 0 Å². The number of allylic oxidation sites excluding steroid dienone is 12. The van der Waals surface area contributed by atoms with Crippen LogP contribution in [-0.4, -0.2) is 46.9 Å². The van der Waals surface area contributed by atoms with Crippen LogP contribution < -0.4 is 5.32 Å². The molecule has 6 heteroatoms. The maximum Gasteiger partial charge on any atom is 0.306 e. The predicted octanol–water partition coefficient (Wildman–Crippen LogP) is 16.6. The Morgan fingerprint density at radius 3 is 1.34 bits per heavy atom. The van der Waals surface area contributed by atoms with Gasteiger partial charge in [0.2, 0.25) is 5.91 Å². The number of esters is 1. The second-order valence-electron chi connectivity index (χ2n) is 18.4. The number of aliphatic hydroxyl groups is 2. The summed E-state index contributed by atoms with van der Waals surface area (Å²) < 4.78 is 5.90. The number of ether oxygens (including phenoxy) is 1. The Balaban J connectivity index is 4.63. The van der Waals surface area contributed by atoms with E-state index in [9.17, 15) is 19.8 Å². The van der Waals surface area contributed by atoms with E-state index >= 15 is 0 Å². The van der Waals surface area contributed by atoms with E-state index in [0.29, 0.717) is 19.3 Å². The monoisotopic (exact) mass is 894 g/mol. The van der Waals surface area contributed by atoms with E-state index < -0.39 is 18.2 Å². The Labute approximate surface area is 396 Å². The maximum atomic E-state index is 13.2. The number of nitrogens with one attached hydrogen (secondary N) is 1. The summed E-state index contributed by atoms with van der Waals surface area (Å²) in [6.45, 7) is 6.33. The van der Waals surface area contributed by atoms with E-state index in [1.807, 2.05) is 48.6 Å². The summed E-state index contributed by atoms with van der Waals surface area (Å²) in [4.78, 5) is 26.2. The van der Waals surface area contributed by atoms with E-state index in [2.05, 4.69) is 50.4 Å². The van der Waals surface area contributed by atoms with Gasteiger partial charge in [-0.1, -0.05) is 254 Å². The van der Waals surface area contributed by atoms with Crippen molar-refractivity contribution in [3.05, 3.63) is 72.9 Å². The fraction of sp³-hybridized carbons (Fsp3) is 0.759. The van der Waals surface area contributed by atoms with Crippen LogP contribution in [0, 0.1) is 0 Å². The second-order valence-corrected chi connectivity index (χ2v) is 18.4. The molecule has 0 heterocycles. The molecule has 6 nitrogen and oxygen atoms in total. The lowest BCUT2D eigenvalue weighted by Gasteiger charge is -2.24. The molecule has 0 aromatic rings. The molecule has 0 rings (SSSR count). The van der Waals surface area contributed by atoms with Gasteiger partial charge >= 0.3 is 5.97 Å². The zero-order chi connectivity index (χ0) is 46.7. The molecule has 0 aromatic carbocycles. The Morgan fingerprint density at radius 1 is 0.469 bits per heavy atom. The van der Waals surface area contributed by atoms with Gasteiger partial charge in [0.15, 0.2) is 0 Å². The summed E-state index contributed by atoms with van der Waals surface area (Å²) in [6.07, 6.45) is 65.4. The van der Waals surface area contributed by atoms with Gasteiger partial charge in [0.25, 0.3) is 0 Å². The number of carbonyl (C=O) groups is 2. The molecular weight excluding hydrogens is 791 g/mol. The van der Waals surface area contributed by atoms with Crippen LogP contribution in [0.5, 0.6) is 0 Å². The fourth-order valence-corrected chi connectivity index (χ4v) is 8.04. The van der Waals surface area contributed by atoms with Crippen LogP contribution in [0.15, 0.2) is 72.9 Å². The van der Waals surface area contributed by atoms with Crippen molar-refractivity contribution in [2.45, 2.75) is 277 Å². The number of carbonyl (C=O) groups excluding carboxylic acids is 2. The molecule has 0 radical (unpaired) electrons. The molecule has 1 amide bonds. The average Bonchev–Trinajstić information content (AvgIpc) is 3.29. The van der Waals surface area contributed by atoms with Crippen molar-refractivity contribution in [1.82, 2.24) is 5.32 Å². The van der Waals surface area contributed by atoms with Gasteiger partial charge in [-0.25, -0.2) is 0 Å². The van der Waals surface area contributed by atoms with E-state index in [1.54, 1.807) is 0 Å². The van der Waals surface area contributed by atoms with Gasteiger partial charge < -0.3 is 20.3 Å². The lowest BCUT2D eigenvalue weighted by molar-refractivity contribution is -0.151. The summed E-state index contributed by atoms with van der Waals surface area (Å²) in [6, 6.07) is -0.729. The Kier molecular flexibility index (Phi) is 49.1. The first kappa shape index (κ1) is 61.3. The molecule has 0 bridgehead atoms. The minimum Gasteiger partial charge on any atom is -0.462 e. The molecule has 3 unspecified atom stereocenters. The number of rotatable bonds is 48. The molecule has 370 valence electrons. The van der Waals surface area contributed by atoms with Crippen molar-refractivity contribution < 1.29 is 24.5 Å². The third-order valence-electron chi connectivity index (χ3n) is 12.1. The van der Waals surface area contributed by atoms with E-state index in [4.69, 9.17) is 4.74 Å². The van der Waals surface area contributed by atoms with Crippen molar-refractivity contribution in [1.29, 1.82) is 0 Å². The minimum atomic E-state index is -0.810. The highest BCUT2D eigenvalue weighted by Crippen LogP contribution is 2.17. The second kappa shape index (κ2) is 51.3. The molecule has 0 saturated carbocycles. The Bertz CT molecular complexity index is 1190. The largest absolute Gasteiger partial charge is 0.462 e. The maximum absolute atomic E-state index is 13.2. The zero-order valence-corrected chi connectivity index (χ0v) is 42.1. The first-order chi connectivity index (χ1) is 31.5. The summed E-state index contributed by atoms with van der Waals surface area (Å²) >= 11 is 0. The van der Waals surface area contributed by atoms with Gasteiger partial charge in [0.1, 0.15) is 6.10 Å². The van der Waals surface area contributed by atoms with Crippen LogP contribution in [0.1, 0.15) is 258 Å². The smallest absolute Gasteiger partial charge is 0.306 e. The number of hydrogen-bond acceptors (Lipinski definition) is 5. The lowest BCUT2D eigenvalue weighted by atomic mass is 10.0. The third kappa shape index (κ3) is 45.9. The zero-order valence-electron chi connectivity index (χ0n) is 42.1. The van der Waals surface area contributed by atoms with Gasteiger partial charge in [-0.2, -0.15) is 0 Å². The topological polar surface area (TPSA) is 95.9 Å². The number of aliphatic hydroxyl groups excluding tert-OH is 2. The molecule has 3 N–H and O–H groups in total. The van der Waals surface area contributed by atoms with Crippen LogP contribution in [0.4, 0.5) is 0 Å². The van der Waals surface area contributed by atoms with Crippen molar-refractivity contribution in [3.63, 3.8) is 0 Å². The summed E-state index contributed by atoms with van der Waals surface area (Å²) in [5.41, 5.74) is 0. The van der Waals surface area contributed by atoms with Crippen molar-refractivity contribution in [2.24, 2.45) is 0 Å². The van der Waals surface area contributed by atoms with Crippen LogP contribution in [-0.2, 0) is 14.3 Å². The van der Waals surface area contributed by atoms with Gasteiger partial charge in [0.05, 0.1) is 25.2 Å². The summed E-state index contributed by atoms with van der Waals surface area (Å²) in [5, 5.41) is 23.8. The molecule has 0 saturated heterocycles. The first-order valence-corrected chi connectivity index (χ1v) is 27.2. The summed E-state index contributed by atoms with van der Waals surface area (Å²) in [7, 11) is 0. The highest BCUT2D eigenvalue weighted by molar-refractivity contribution is 5.77. The van der Waals surface area contributed by atoms with Gasteiger partial charge in [-0.05, 0) is 64.2 Å². The highest BCUT2D eigenvalue weighted by atomic mass is 16.5. The molecule has 0 aliphatic heterocycles. The normalized spacial score (nSPS) is 13.8. The average molecular weight is 894 g/mol. The first-order valence-electron chi connectivity index (χ1n) is 27.2. The van der Waals surface area contributed by atoms with Gasteiger partial charge in [0, 0.05) is 6.42 Å². The molecule has 0 spiro atoms. The predicted molar refractivity (Wildman–Crippen MR) is 278 cm³/mol. The van der Waals surface area contributed by atoms with Gasteiger partial charge in [-0.15, -0.1) is 0 Å². The van der Waals surface area contributed by atoms with Gasteiger partial charge in [-0.3, -0.25) is 9.59 Å². The fourth-order valence-electron chi connectivity index (χ4n) is 8.04. The summed E-state index contributed by atoms with van der Waals surface area (Å²) in [5.74, 6) is -0.554. The molecule has 64 heavy (non-hydrogen) atoms. The molecule has 0 aromatic heterocycles. The molecule has 0 aliphatic rings. The van der Waals surface area contributed by atoms with Crippen LogP contribution in [0.25, 0.3) is 0 Å². The molecule has 0 aliphatic carbocycles. The van der Waals surface area contributed by atoms with E-state index in [0.717, 1.165) is 64.2 Å². The minimum absolute atomic E-state index is 0.0236. The quantitative estimate of drug-likeness (QED) is 0.0245. The standard InChI is InChI=1S/C58H103NO5/c1-4-7-10-13-16-19-22-25-27-28-29-30-33-36-39-42-45-48-51-58(63)64-54(49-46-43-40-37-34-31-24-21-18-15-12-9-6-3)52-57(62)59-55(53-60)56(61)50-47-44-41-38-35-32-26-23-20-17-14-11-8-5-2/h9,12,15,18,21,24,29-31,34,37,40,54-56,60-61H,4-8,10-11,13-14,16-17,19-20,22-23,25-28,32-33,35-36,38-39,41-53H2,1-3H3,(H,59,62)/b12-9+,18-15+,24-21-,30-29+,34-31-,40-37+. The van der Waals surface area contributed by atoms with Crippen molar-refractivity contribution in [2.75, 3.05) is 6.61 Å². The van der Waals surface area contributed by atoms with Crippen LogP contribution in [0.2, 0.25) is 0 Å². The van der Waals surface area contributed by atoms with Crippen molar-refractivity contribution >= 4 is 11.9 Å². The Morgan fingerprint density at radius 2 is 0.875 bits per heavy atom. The third-order valence-corrected chi connectivity index (χ3v) is 12.1. The molecule has 3 atom stereocenters. The molecule has 0 fully saturated rings. The SMILES string of the molecule is CC/C=C/C=C/C=C\C=C/C=C/CCCC(CC(=O)NC(CO)C(O)CCCCCCCCCCCCCCCC)OC(=O)CCCCCCC/C=C/CCCCCCCCCCC. The lowest BCUT2D eigenvalue weighted by Crippen LogP contribution is -2.46. The number of hydrogen-bond donors (Lipinski definition) is 3. The van der Waals surface area contributed by atoms with E-state index in [1.165, 1.54) is 148 Å². The molecular formula is C58H103NO5. The number of unbranched alkanes of at least 4 members (excludes halogenated alkanes) is 28. The Hall–Kier alpha value is -2.70. The van der Waals surface area contributed by atoms with Crippen LogP contribution >= 0.6 is 0 Å². The highest BCUT2D eigenvalue weighted by Gasteiger charge is 2.24.